The van der Waals surface area contributed by atoms with Crippen molar-refractivity contribution in [3.63, 3.8) is 0 Å². The van der Waals surface area contributed by atoms with E-state index in [2.05, 4.69) is 52.3 Å². The lowest BCUT2D eigenvalue weighted by molar-refractivity contribution is -0.117. The maximum atomic E-state index is 12.3. The van der Waals surface area contributed by atoms with Crippen LogP contribution in [0.5, 0.6) is 0 Å². The number of benzene rings is 2. The number of piperazine rings is 1. The van der Waals surface area contributed by atoms with Crippen LogP contribution in [0, 0.1) is 0 Å². The lowest BCUT2D eigenvalue weighted by Gasteiger charge is -2.35. The molecule has 1 saturated heterocycles. The Labute approximate surface area is 174 Å². The predicted octanol–water partition coefficient (Wildman–Crippen LogP) is 3.24. The molecule has 0 unspecified atom stereocenters. The molecule has 4 rings (SSSR count). The Morgan fingerprint density at radius 1 is 0.741 bits per heavy atom. The lowest BCUT2D eigenvalue weighted by atomic mass is 10.2. The van der Waals surface area contributed by atoms with Gasteiger partial charge in [0.1, 0.15) is 0 Å². The Morgan fingerprint density at radius 3 is 2.11 bits per heavy atom. The number of para-hydroxylation sites is 1. The standard InChI is InChI=1S/C21H25N3O.2ClH/c25-21-16-19-8-4-5-9-20(19)24(21)15-14-22-10-12-23(13-11-22)17-18-6-2-1-3-7-18;;/h1-9H,10-17H2;2*1H. The van der Waals surface area contributed by atoms with Gasteiger partial charge >= 0.3 is 0 Å². The Bertz CT molecular complexity index is 733. The van der Waals surface area contributed by atoms with Gasteiger partial charge in [0.2, 0.25) is 5.91 Å². The van der Waals surface area contributed by atoms with Gasteiger partial charge in [-0.05, 0) is 17.2 Å². The maximum absolute atomic E-state index is 12.3. The van der Waals surface area contributed by atoms with Gasteiger partial charge < -0.3 is 4.90 Å². The van der Waals surface area contributed by atoms with E-state index in [1.807, 2.05) is 17.0 Å². The Kier molecular flexibility index (Phi) is 8.11. The van der Waals surface area contributed by atoms with Crippen molar-refractivity contribution in [1.29, 1.82) is 0 Å². The van der Waals surface area contributed by atoms with Gasteiger partial charge in [0.15, 0.2) is 0 Å². The summed E-state index contributed by atoms with van der Waals surface area (Å²) in [6, 6.07) is 18.8. The molecule has 0 N–H and O–H groups in total. The van der Waals surface area contributed by atoms with Gasteiger partial charge in [-0.15, -0.1) is 24.8 Å². The molecule has 0 spiro atoms. The third-order valence-electron chi connectivity index (χ3n) is 5.28. The fourth-order valence-corrected chi connectivity index (χ4v) is 3.82. The number of halogens is 2. The first-order valence-corrected chi connectivity index (χ1v) is 9.16. The minimum absolute atomic E-state index is 0. The average molecular weight is 408 g/mol. The van der Waals surface area contributed by atoms with Crippen LogP contribution in [0.4, 0.5) is 5.69 Å². The topological polar surface area (TPSA) is 26.8 Å². The zero-order valence-electron chi connectivity index (χ0n) is 15.4. The number of hydrogen-bond donors (Lipinski definition) is 0. The number of anilines is 1. The second-order valence-electron chi connectivity index (χ2n) is 6.95. The van der Waals surface area contributed by atoms with E-state index in [9.17, 15) is 4.79 Å². The van der Waals surface area contributed by atoms with Crippen molar-refractivity contribution < 1.29 is 4.79 Å². The highest BCUT2D eigenvalue weighted by atomic mass is 35.5. The fraction of sp³-hybridized carbons (Fsp3) is 0.381. The summed E-state index contributed by atoms with van der Waals surface area (Å²) in [5, 5.41) is 0. The van der Waals surface area contributed by atoms with Crippen LogP contribution in [0.1, 0.15) is 11.1 Å². The SMILES string of the molecule is Cl.Cl.O=C1Cc2ccccc2N1CCN1CCN(Cc2ccccc2)CC1. The zero-order chi connectivity index (χ0) is 17.1. The summed E-state index contributed by atoms with van der Waals surface area (Å²) in [4.78, 5) is 19.2. The van der Waals surface area contributed by atoms with Crippen molar-refractivity contribution in [3.05, 3.63) is 65.7 Å². The molecule has 27 heavy (non-hydrogen) atoms. The Balaban J connectivity index is 0.00000131. The molecule has 2 aliphatic heterocycles. The highest BCUT2D eigenvalue weighted by Gasteiger charge is 2.27. The molecule has 2 aromatic rings. The molecule has 146 valence electrons. The number of fused-ring (bicyclic) bond motifs is 1. The normalized spacial score (nSPS) is 17.2. The minimum Gasteiger partial charge on any atom is -0.311 e. The molecule has 0 aliphatic carbocycles. The molecular weight excluding hydrogens is 381 g/mol. The molecule has 0 bridgehead atoms. The van der Waals surface area contributed by atoms with Crippen LogP contribution in [-0.4, -0.2) is 55.0 Å². The van der Waals surface area contributed by atoms with Crippen LogP contribution in [0.15, 0.2) is 54.6 Å². The van der Waals surface area contributed by atoms with E-state index < -0.39 is 0 Å². The second-order valence-corrected chi connectivity index (χ2v) is 6.95. The molecule has 1 fully saturated rings. The van der Waals surface area contributed by atoms with Crippen LogP contribution >= 0.6 is 24.8 Å². The van der Waals surface area contributed by atoms with E-state index in [4.69, 9.17) is 0 Å². The monoisotopic (exact) mass is 407 g/mol. The number of rotatable bonds is 5. The van der Waals surface area contributed by atoms with E-state index in [1.54, 1.807) is 0 Å². The van der Waals surface area contributed by atoms with Gasteiger partial charge in [-0.1, -0.05) is 48.5 Å². The maximum Gasteiger partial charge on any atom is 0.231 e. The fourth-order valence-electron chi connectivity index (χ4n) is 3.82. The summed E-state index contributed by atoms with van der Waals surface area (Å²) in [7, 11) is 0. The van der Waals surface area contributed by atoms with E-state index in [0.717, 1.165) is 51.5 Å². The molecule has 0 radical (unpaired) electrons. The highest BCUT2D eigenvalue weighted by Crippen LogP contribution is 2.28. The third-order valence-corrected chi connectivity index (χ3v) is 5.28. The number of nitrogens with zero attached hydrogens (tertiary/aromatic N) is 3. The molecule has 0 saturated carbocycles. The van der Waals surface area contributed by atoms with E-state index in [0.29, 0.717) is 6.42 Å². The van der Waals surface area contributed by atoms with Gasteiger partial charge in [0.25, 0.3) is 0 Å². The van der Waals surface area contributed by atoms with E-state index in [-0.39, 0.29) is 30.7 Å². The first-order chi connectivity index (χ1) is 12.3. The quantitative estimate of drug-likeness (QED) is 0.760. The van der Waals surface area contributed by atoms with Crippen molar-refractivity contribution >= 4 is 36.4 Å². The summed E-state index contributed by atoms with van der Waals surface area (Å²) in [6.07, 6.45) is 0.557. The number of carbonyl (C=O) groups is 1. The van der Waals surface area contributed by atoms with Crippen molar-refractivity contribution in [3.8, 4) is 0 Å². The summed E-state index contributed by atoms with van der Waals surface area (Å²) in [5.74, 6) is 0.240. The largest absolute Gasteiger partial charge is 0.311 e. The van der Waals surface area contributed by atoms with Crippen LogP contribution in [0.3, 0.4) is 0 Å². The van der Waals surface area contributed by atoms with Crippen LogP contribution in [0.25, 0.3) is 0 Å². The van der Waals surface area contributed by atoms with Crippen LogP contribution in [0.2, 0.25) is 0 Å². The highest BCUT2D eigenvalue weighted by molar-refractivity contribution is 6.01. The average Bonchev–Trinajstić information content (AvgIpc) is 2.97. The molecule has 0 atom stereocenters. The summed E-state index contributed by atoms with van der Waals surface area (Å²) in [5.41, 5.74) is 3.66. The summed E-state index contributed by atoms with van der Waals surface area (Å²) >= 11 is 0. The molecule has 2 aliphatic rings. The number of amides is 1. The van der Waals surface area contributed by atoms with E-state index >= 15 is 0 Å². The smallest absolute Gasteiger partial charge is 0.231 e. The Hall–Kier alpha value is -1.59. The predicted molar refractivity (Wildman–Crippen MR) is 115 cm³/mol. The lowest BCUT2D eigenvalue weighted by Crippen LogP contribution is -2.48. The molecular formula is C21H27Cl2N3O. The minimum atomic E-state index is 0. The van der Waals surface area contributed by atoms with Gasteiger partial charge in [0, 0.05) is 51.5 Å². The summed E-state index contributed by atoms with van der Waals surface area (Å²) in [6.45, 7) is 7.15. The number of hydrogen-bond acceptors (Lipinski definition) is 3. The van der Waals surface area contributed by atoms with Crippen LogP contribution in [-0.2, 0) is 17.8 Å². The molecule has 1 amide bonds. The zero-order valence-corrected chi connectivity index (χ0v) is 17.1. The molecule has 2 aromatic carbocycles. The molecule has 4 nitrogen and oxygen atoms in total. The van der Waals surface area contributed by atoms with Crippen molar-refractivity contribution in [2.75, 3.05) is 44.2 Å². The van der Waals surface area contributed by atoms with Gasteiger partial charge in [-0.2, -0.15) is 0 Å². The van der Waals surface area contributed by atoms with Gasteiger partial charge in [0.05, 0.1) is 6.42 Å². The first-order valence-electron chi connectivity index (χ1n) is 9.16. The Morgan fingerprint density at radius 2 is 1.37 bits per heavy atom. The molecule has 0 aromatic heterocycles. The second kappa shape index (κ2) is 10.1. The third kappa shape index (κ3) is 5.23. The van der Waals surface area contributed by atoms with Crippen LogP contribution < -0.4 is 4.90 Å². The number of carbonyl (C=O) groups excluding carboxylic acids is 1. The first kappa shape index (κ1) is 21.7. The molecule has 6 heteroatoms. The van der Waals surface area contributed by atoms with Gasteiger partial charge in [-0.25, -0.2) is 0 Å². The molecule has 2 heterocycles. The van der Waals surface area contributed by atoms with Crippen molar-refractivity contribution in [2.24, 2.45) is 0 Å². The van der Waals surface area contributed by atoms with Crippen molar-refractivity contribution in [2.45, 2.75) is 13.0 Å². The van der Waals surface area contributed by atoms with Gasteiger partial charge in [-0.3, -0.25) is 14.6 Å². The van der Waals surface area contributed by atoms with Crippen molar-refractivity contribution in [1.82, 2.24) is 9.80 Å². The summed E-state index contributed by atoms with van der Waals surface area (Å²) < 4.78 is 0. The van der Waals surface area contributed by atoms with E-state index in [1.165, 1.54) is 11.1 Å².